The Morgan fingerprint density at radius 3 is 2.38 bits per heavy atom. The van der Waals surface area contributed by atoms with Crippen LogP contribution in [0.3, 0.4) is 0 Å². The van der Waals surface area contributed by atoms with Crippen LogP contribution in [0.5, 0.6) is 0 Å². The number of benzene rings is 2. The van der Waals surface area contributed by atoms with Gasteiger partial charge >= 0.3 is 0 Å². The number of anilines is 1. The Bertz CT molecular complexity index is 998. The number of allylic oxidation sites excluding steroid dienone is 2. The minimum absolute atomic E-state index is 0.0321. The van der Waals surface area contributed by atoms with Gasteiger partial charge < -0.3 is 4.90 Å². The number of para-hydroxylation sites is 1. The fourth-order valence-electron chi connectivity index (χ4n) is 3.31. The zero-order valence-corrected chi connectivity index (χ0v) is 18.2. The highest BCUT2D eigenvalue weighted by molar-refractivity contribution is 8.18. The van der Waals surface area contributed by atoms with Gasteiger partial charge in [-0.25, -0.2) is 0 Å². The zero-order valence-electron chi connectivity index (χ0n) is 16.5. The highest BCUT2D eigenvalue weighted by atomic mass is 32.2. The average Bonchev–Trinajstić information content (AvgIpc) is 3.27. The highest BCUT2D eigenvalue weighted by Crippen LogP contribution is 2.45. The Morgan fingerprint density at radius 1 is 0.897 bits per heavy atom. The van der Waals surface area contributed by atoms with Crippen molar-refractivity contribution >= 4 is 40.3 Å². The summed E-state index contributed by atoms with van der Waals surface area (Å²) in [6, 6.07) is 18.5. The maximum Gasteiger partial charge on any atom is 0.266 e. The summed E-state index contributed by atoms with van der Waals surface area (Å²) >= 11 is 3.21. The molecule has 29 heavy (non-hydrogen) atoms. The summed E-state index contributed by atoms with van der Waals surface area (Å²) in [7, 11) is 0. The molecule has 2 aliphatic heterocycles. The van der Waals surface area contributed by atoms with Crippen molar-refractivity contribution in [3.8, 4) is 0 Å². The van der Waals surface area contributed by atoms with Crippen molar-refractivity contribution in [1.29, 1.82) is 0 Å². The molecule has 0 aromatic heterocycles. The van der Waals surface area contributed by atoms with Gasteiger partial charge in [0.25, 0.3) is 5.91 Å². The van der Waals surface area contributed by atoms with Crippen LogP contribution in [0.15, 0.2) is 86.6 Å². The van der Waals surface area contributed by atoms with Gasteiger partial charge in [-0.05, 0) is 55.5 Å². The molecule has 2 aromatic rings. The minimum atomic E-state index is 0.0321. The third kappa shape index (κ3) is 4.14. The number of hydrogen-bond acceptors (Lipinski definition) is 5. The molecule has 0 aliphatic carbocycles. The number of likely N-dealkylation sites (N-methyl/N-ethyl adjacent to an activating group) is 1. The van der Waals surface area contributed by atoms with Gasteiger partial charge in [0.2, 0.25) is 0 Å². The maximum absolute atomic E-state index is 12.8. The van der Waals surface area contributed by atoms with E-state index in [1.54, 1.807) is 16.7 Å². The van der Waals surface area contributed by atoms with E-state index in [1.807, 2.05) is 31.2 Å². The standard InChI is InChI=1S/C23H23N3OS2/c1-3-25-18-12-8-9-13-19(18)28-21(25)15-14-20-22(27)26(4-2)23(29-20)24-16-17-10-6-5-7-11-17/h5-15H,3-4,16H2,1-2H3/b20-14-,21-15+,24-23?. The molecular formula is C23H23N3OS2. The third-order valence-corrected chi connectivity index (χ3v) is 6.97. The number of aliphatic imine (C=N–C) groups is 1. The second kappa shape index (κ2) is 8.93. The SMILES string of the molecule is CCN1C(=O)/C(=C/C=C2/Sc3ccccc3N2CC)SC1=NCc1ccccc1. The molecule has 0 spiro atoms. The van der Waals surface area contributed by atoms with E-state index in [0.29, 0.717) is 13.1 Å². The first kappa shape index (κ1) is 19.9. The van der Waals surface area contributed by atoms with Gasteiger partial charge in [0.15, 0.2) is 5.17 Å². The number of amidine groups is 1. The molecular weight excluding hydrogens is 398 g/mol. The lowest BCUT2D eigenvalue weighted by molar-refractivity contribution is -0.122. The monoisotopic (exact) mass is 421 g/mol. The molecule has 1 amide bonds. The smallest absolute Gasteiger partial charge is 0.266 e. The van der Waals surface area contributed by atoms with E-state index in [4.69, 9.17) is 4.99 Å². The molecule has 4 rings (SSSR count). The summed E-state index contributed by atoms with van der Waals surface area (Å²) in [4.78, 5) is 23.5. The van der Waals surface area contributed by atoms with Crippen molar-refractivity contribution in [2.24, 2.45) is 4.99 Å². The van der Waals surface area contributed by atoms with Crippen LogP contribution in [0.2, 0.25) is 0 Å². The largest absolute Gasteiger partial charge is 0.335 e. The quantitative estimate of drug-likeness (QED) is 0.598. The molecule has 2 heterocycles. The van der Waals surface area contributed by atoms with Gasteiger partial charge in [0, 0.05) is 18.0 Å². The molecule has 2 aromatic carbocycles. The lowest BCUT2D eigenvalue weighted by Crippen LogP contribution is -2.28. The molecule has 0 N–H and O–H groups in total. The highest BCUT2D eigenvalue weighted by Gasteiger charge is 2.32. The van der Waals surface area contributed by atoms with E-state index in [-0.39, 0.29) is 5.91 Å². The summed E-state index contributed by atoms with van der Waals surface area (Å²) in [5.74, 6) is 0.0321. The van der Waals surface area contributed by atoms with Crippen molar-refractivity contribution in [1.82, 2.24) is 4.90 Å². The van der Waals surface area contributed by atoms with Crippen LogP contribution in [0, 0.1) is 0 Å². The van der Waals surface area contributed by atoms with Crippen LogP contribution >= 0.6 is 23.5 Å². The summed E-state index contributed by atoms with van der Waals surface area (Å²) in [5, 5.41) is 1.92. The van der Waals surface area contributed by atoms with Crippen LogP contribution in [0.4, 0.5) is 5.69 Å². The Hall–Kier alpha value is -2.44. The zero-order chi connectivity index (χ0) is 20.2. The second-order valence-corrected chi connectivity index (χ2v) is 8.66. The molecule has 1 saturated heterocycles. The lowest BCUT2D eigenvalue weighted by atomic mass is 10.2. The van der Waals surface area contributed by atoms with Gasteiger partial charge in [-0.15, -0.1) is 0 Å². The summed E-state index contributed by atoms with van der Waals surface area (Å²) in [6.07, 6.45) is 4.00. The fraction of sp³-hybridized carbons (Fsp3) is 0.217. The molecule has 0 atom stereocenters. The number of amides is 1. The third-order valence-electron chi connectivity index (χ3n) is 4.77. The van der Waals surface area contributed by atoms with E-state index in [1.165, 1.54) is 22.3 Å². The van der Waals surface area contributed by atoms with Crippen LogP contribution in [0.1, 0.15) is 19.4 Å². The van der Waals surface area contributed by atoms with Gasteiger partial charge in [0.1, 0.15) is 0 Å². The van der Waals surface area contributed by atoms with Crippen molar-refractivity contribution in [2.75, 3.05) is 18.0 Å². The van der Waals surface area contributed by atoms with Crippen LogP contribution in [-0.4, -0.2) is 29.1 Å². The normalized spacial score (nSPS) is 20.3. The Kier molecular flexibility index (Phi) is 6.11. The molecule has 2 aliphatic rings. The molecule has 0 saturated carbocycles. The number of hydrogen-bond donors (Lipinski definition) is 0. The van der Waals surface area contributed by atoms with Crippen molar-refractivity contribution in [3.05, 3.63) is 82.2 Å². The van der Waals surface area contributed by atoms with Crippen LogP contribution < -0.4 is 4.90 Å². The number of thioether (sulfide) groups is 2. The summed E-state index contributed by atoms with van der Waals surface area (Å²) in [5.41, 5.74) is 2.37. The van der Waals surface area contributed by atoms with Crippen LogP contribution in [-0.2, 0) is 11.3 Å². The topological polar surface area (TPSA) is 35.9 Å². The number of carbonyl (C=O) groups is 1. The van der Waals surface area contributed by atoms with Gasteiger partial charge in [0.05, 0.1) is 22.2 Å². The molecule has 4 nitrogen and oxygen atoms in total. The Morgan fingerprint density at radius 2 is 1.62 bits per heavy atom. The van der Waals surface area contributed by atoms with E-state index < -0.39 is 0 Å². The average molecular weight is 422 g/mol. The van der Waals surface area contributed by atoms with Crippen LogP contribution in [0.25, 0.3) is 0 Å². The number of carbonyl (C=O) groups excluding carboxylic acids is 1. The molecule has 0 bridgehead atoms. The predicted octanol–water partition coefficient (Wildman–Crippen LogP) is 5.50. The van der Waals surface area contributed by atoms with Gasteiger partial charge in [-0.3, -0.25) is 14.7 Å². The molecule has 0 radical (unpaired) electrons. The van der Waals surface area contributed by atoms with E-state index in [2.05, 4.69) is 54.3 Å². The summed E-state index contributed by atoms with van der Waals surface area (Å²) in [6.45, 7) is 6.22. The number of fused-ring (bicyclic) bond motifs is 1. The molecule has 148 valence electrons. The van der Waals surface area contributed by atoms with Gasteiger partial charge in [-0.1, -0.05) is 54.2 Å². The Labute approximate surface area is 180 Å². The van der Waals surface area contributed by atoms with Crippen molar-refractivity contribution in [3.63, 3.8) is 0 Å². The maximum atomic E-state index is 12.8. The molecule has 1 fully saturated rings. The minimum Gasteiger partial charge on any atom is -0.335 e. The number of nitrogens with zero attached hydrogens (tertiary/aromatic N) is 3. The first-order valence-electron chi connectivity index (χ1n) is 9.75. The lowest BCUT2D eigenvalue weighted by Gasteiger charge is -2.17. The first-order chi connectivity index (χ1) is 14.2. The molecule has 0 unspecified atom stereocenters. The summed E-state index contributed by atoms with van der Waals surface area (Å²) < 4.78 is 0. The Balaban J connectivity index is 1.55. The van der Waals surface area contributed by atoms with Gasteiger partial charge in [-0.2, -0.15) is 0 Å². The predicted molar refractivity (Wildman–Crippen MR) is 124 cm³/mol. The van der Waals surface area contributed by atoms with E-state index >= 15 is 0 Å². The molecule has 6 heteroatoms. The second-order valence-electron chi connectivity index (χ2n) is 6.59. The van der Waals surface area contributed by atoms with E-state index in [9.17, 15) is 4.79 Å². The number of rotatable bonds is 5. The van der Waals surface area contributed by atoms with Crippen molar-refractivity contribution < 1.29 is 4.79 Å². The van der Waals surface area contributed by atoms with Crippen molar-refractivity contribution in [2.45, 2.75) is 25.3 Å². The van der Waals surface area contributed by atoms with E-state index in [0.717, 1.165) is 27.2 Å². The fourth-order valence-corrected chi connectivity index (χ4v) is 5.42. The first-order valence-corrected chi connectivity index (χ1v) is 11.4.